The maximum Gasteiger partial charge on any atom is 0.449 e. The molecule has 0 bridgehead atoms. The minimum atomic E-state index is -4.63. The molecule has 5 rings (SSSR count). The molecule has 0 saturated carbocycles. The molecule has 0 radical (unpaired) electrons. The average molecular weight is 585 g/mol. The summed E-state index contributed by atoms with van der Waals surface area (Å²) in [7, 11) is 0. The van der Waals surface area contributed by atoms with E-state index in [9.17, 15) is 22.8 Å². The molecular formula is C35H31F3N2O3. The van der Waals surface area contributed by atoms with Crippen molar-refractivity contribution in [3.05, 3.63) is 125 Å². The lowest BCUT2D eigenvalue weighted by Gasteiger charge is -2.24. The van der Waals surface area contributed by atoms with Gasteiger partial charge in [-0.25, -0.2) is 0 Å². The van der Waals surface area contributed by atoms with Crippen LogP contribution in [-0.2, 0) is 29.5 Å². The fraction of sp³-hybridized carbons (Fsp3) is 0.229. The Balaban J connectivity index is 1.48. The standard InChI is InChI=1S/C35H31F3N2O3/c1-22-8-11-27-19-39-17-16-30(27)32(22)33(42)40(21-29-14-15-31(43-29)35(36,37)38)20-24-9-12-25(13-10-24)26-6-5-7-28(18-26)34(3,4)23(2)41/h5-19H,20-21H2,1-4H3. The number of carbonyl (C=O) groups is 2. The van der Waals surface area contributed by atoms with Crippen LogP contribution in [0.15, 0.2) is 95.7 Å². The van der Waals surface area contributed by atoms with Crippen molar-refractivity contribution in [1.82, 2.24) is 9.88 Å². The van der Waals surface area contributed by atoms with E-state index in [0.29, 0.717) is 10.9 Å². The highest BCUT2D eigenvalue weighted by Crippen LogP contribution is 2.32. The molecule has 2 heterocycles. The second kappa shape index (κ2) is 11.5. The van der Waals surface area contributed by atoms with Gasteiger partial charge >= 0.3 is 6.18 Å². The third-order valence-electron chi connectivity index (χ3n) is 7.94. The number of aryl methyl sites for hydroxylation is 1. The summed E-state index contributed by atoms with van der Waals surface area (Å²) < 4.78 is 44.8. The second-order valence-corrected chi connectivity index (χ2v) is 11.2. The third-order valence-corrected chi connectivity index (χ3v) is 7.94. The molecule has 0 saturated heterocycles. The Hall–Kier alpha value is -4.72. The van der Waals surface area contributed by atoms with Crippen LogP contribution in [0.4, 0.5) is 13.2 Å². The van der Waals surface area contributed by atoms with Crippen LogP contribution in [0.1, 0.15) is 59.3 Å². The first-order valence-electron chi connectivity index (χ1n) is 13.8. The summed E-state index contributed by atoms with van der Waals surface area (Å²) in [5.74, 6) is -1.34. The van der Waals surface area contributed by atoms with E-state index in [-0.39, 0.29) is 30.5 Å². The molecule has 0 spiro atoms. The molecule has 0 unspecified atom stereocenters. The first-order valence-corrected chi connectivity index (χ1v) is 13.8. The Bertz CT molecular complexity index is 1800. The molecule has 0 aliphatic carbocycles. The quantitative estimate of drug-likeness (QED) is 0.183. The van der Waals surface area contributed by atoms with Crippen molar-refractivity contribution in [1.29, 1.82) is 0 Å². The fourth-order valence-electron chi connectivity index (χ4n) is 5.04. The molecular weight excluding hydrogens is 553 g/mol. The Labute approximate surface area is 248 Å². The minimum absolute atomic E-state index is 0.0294. The summed E-state index contributed by atoms with van der Waals surface area (Å²) in [5.41, 5.74) is 4.17. The van der Waals surface area contributed by atoms with Gasteiger partial charge in [-0.15, -0.1) is 0 Å². The number of nitrogens with zero attached hydrogens (tertiary/aromatic N) is 2. The van der Waals surface area contributed by atoms with Crippen molar-refractivity contribution in [2.24, 2.45) is 0 Å². The molecule has 8 heteroatoms. The van der Waals surface area contributed by atoms with Gasteiger partial charge in [-0.05, 0) is 79.1 Å². The van der Waals surface area contributed by atoms with Gasteiger partial charge in [0.15, 0.2) is 0 Å². The molecule has 2 aromatic heterocycles. The second-order valence-electron chi connectivity index (χ2n) is 11.2. The Morgan fingerprint density at radius 1 is 0.884 bits per heavy atom. The van der Waals surface area contributed by atoms with Crippen LogP contribution in [0, 0.1) is 6.92 Å². The van der Waals surface area contributed by atoms with E-state index in [2.05, 4.69) is 4.98 Å². The number of benzene rings is 3. The van der Waals surface area contributed by atoms with Crippen LogP contribution in [0.3, 0.4) is 0 Å². The molecule has 0 atom stereocenters. The highest BCUT2D eigenvalue weighted by atomic mass is 19.4. The lowest BCUT2D eigenvalue weighted by atomic mass is 9.80. The zero-order chi connectivity index (χ0) is 30.9. The largest absolute Gasteiger partial charge is 0.455 e. The number of amides is 1. The number of alkyl halides is 3. The summed E-state index contributed by atoms with van der Waals surface area (Å²) in [6.07, 6.45) is -1.35. The predicted octanol–water partition coefficient (Wildman–Crippen LogP) is 8.53. The van der Waals surface area contributed by atoms with Gasteiger partial charge in [-0.1, -0.05) is 60.7 Å². The molecule has 0 aliphatic heterocycles. The molecule has 43 heavy (non-hydrogen) atoms. The molecule has 5 aromatic rings. The maximum atomic E-state index is 14.1. The summed E-state index contributed by atoms with van der Waals surface area (Å²) in [6.45, 7) is 7.19. The summed E-state index contributed by atoms with van der Waals surface area (Å²) in [6, 6.07) is 23.1. The average Bonchev–Trinajstić information content (AvgIpc) is 3.46. The Kier molecular flexibility index (Phi) is 7.97. The van der Waals surface area contributed by atoms with Gasteiger partial charge in [0.25, 0.3) is 5.91 Å². The van der Waals surface area contributed by atoms with Crippen LogP contribution in [0.5, 0.6) is 0 Å². The monoisotopic (exact) mass is 584 g/mol. The number of furan rings is 1. The number of Topliss-reactive ketones (excluding diaryl/α,β-unsaturated/α-hetero) is 1. The number of fused-ring (bicyclic) bond motifs is 1. The number of hydrogen-bond donors (Lipinski definition) is 0. The molecule has 0 N–H and O–H groups in total. The zero-order valence-corrected chi connectivity index (χ0v) is 24.3. The van der Waals surface area contributed by atoms with E-state index in [0.717, 1.165) is 39.3 Å². The van der Waals surface area contributed by atoms with E-state index < -0.39 is 17.4 Å². The first-order chi connectivity index (χ1) is 20.3. The molecule has 0 fully saturated rings. The van der Waals surface area contributed by atoms with Crippen molar-refractivity contribution < 1.29 is 27.2 Å². The number of halogens is 3. The van der Waals surface area contributed by atoms with Gasteiger partial charge in [0.1, 0.15) is 11.5 Å². The minimum Gasteiger partial charge on any atom is -0.455 e. The number of hydrogen-bond acceptors (Lipinski definition) is 4. The lowest BCUT2D eigenvalue weighted by Crippen LogP contribution is -2.30. The molecule has 220 valence electrons. The normalized spacial score (nSPS) is 12.0. The number of carbonyl (C=O) groups excluding carboxylic acids is 2. The Morgan fingerprint density at radius 2 is 1.63 bits per heavy atom. The first kappa shape index (κ1) is 29.8. The van der Waals surface area contributed by atoms with Crippen LogP contribution in [0.2, 0.25) is 0 Å². The van der Waals surface area contributed by atoms with Crippen molar-refractivity contribution >= 4 is 22.5 Å². The van der Waals surface area contributed by atoms with Crippen molar-refractivity contribution in [2.45, 2.75) is 52.4 Å². The number of ketones is 1. The summed E-state index contributed by atoms with van der Waals surface area (Å²) in [5, 5.41) is 1.50. The van der Waals surface area contributed by atoms with Gasteiger partial charge in [0.05, 0.1) is 12.1 Å². The van der Waals surface area contributed by atoms with E-state index in [1.807, 2.05) is 81.4 Å². The Morgan fingerprint density at radius 3 is 2.30 bits per heavy atom. The van der Waals surface area contributed by atoms with Gasteiger partial charge in [0, 0.05) is 29.7 Å². The topological polar surface area (TPSA) is 63.4 Å². The SMILES string of the molecule is CC(=O)C(C)(C)c1cccc(-c2ccc(CN(Cc3ccc(C(F)(F)F)o3)C(=O)c3c(C)ccc4cnccc34)cc2)c1. The van der Waals surface area contributed by atoms with Crippen LogP contribution in [0.25, 0.3) is 21.9 Å². The van der Waals surface area contributed by atoms with Gasteiger partial charge in [-0.3, -0.25) is 14.6 Å². The number of rotatable bonds is 8. The van der Waals surface area contributed by atoms with Crippen LogP contribution >= 0.6 is 0 Å². The number of pyridine rings is 1. The molecule has 1 amide bonds. The molecule has 0 aliphatic rings. The van der Waals surface area contributed by atoms with Crippen molar-refractivity contribution in [2.75, 3.05) is 0 Å². The van der Waals surface area contributed by atoms with Gasteiger partial charge in [-0.2, -0.15) is 13.2 Å². The predicted molar refractivity (Wildman–Crippen MR) is 159 cm³/mol. The van der Waals surface area contributed by atoms with Crippen molar-refractivity contribution in [3.63, 3.8) is 0 Å². The highest BCUT2D eigenvalue weighted by Gasteiger charge is 2.35. The lowest BCUT2D eigenvalue weighted by molar-refractivity contribution is -0.153. The van der Waals surface area contributed by atoms with Gasteiger partial charge in [0.2, 0.25) is 5.76 Å². The maximum absolute atomic E-state index is 14.1. The number of aromatic nitrogens is 1. The van der Waals surface area contributed by atoms with E-state index >= 15 is 0 Å². The highest BCUT2D eigenvalue weighted by molar-refractivity contribution is 6.08. The van der Waals surface area contributed by atoms with Crippen molar-refractivity contribution in [3.8, 4) is 11.1 Å². The van der Waals surface area contributed by atoms with Gasteiger partial charge < -0.3 is 9.32 Å². The van der Waals surface area contributed by atoms with E-state index in [4.69, 9.17) is 4.42 Å². The summed E-state index contributed by atoms with van der Waals surface area (Å²) >= 11 is 0. The summed E-state index contributed by atoms with van der Waals surface area (Å²) in [4.78, 5) is 31.9. The van der Waals surface area contributed by atoms with E-state index in [1.165, 1.54) is 11.0 Å². The van der Waals surface area contributed by atoms with Crippen LogP contribution in [-0.4, -0.2) is 21.6 Å². The third kappa shape index (κ3) is 6.23. The molecule has 3 aromatic carbocycles. The smallest absolute Gasteiger partial charge is 0.449 e. The fourth-order valence-corrected chi connectivity index (χ4v) is 5.04. The molecule has 5 nitrogen and oxygen atoms in total. The van der Waals surface area contributed by atoms with E-state index in [1.54, 1.807) is 25.4 Å². The zero-order valence-electron chi connectivity index (χ0n) is 24.3. The van der Waals surface area contributed by atoms with Crippen LogP contribution < -0.4 is 0 Å².